The number of hydrogen-bond acceptors (Lipinski definition) is 2. The van der Waals surface area contributed by atoms with E-state index in [4.69, 9.17) is 17.0 Å². The average molecular weight is 270 g/mol. The molecule has 2 heterocycles. The number of nitrogens with zero attached hydrogens (tertiary/aromatic N) is 1. The fourth-order valence-corrected chi connectivity index (χ4v) is 2.44. The van der Waals surface area contributed by atoms with Crippen molar-refractivity contribution in [2.75, 3.05) is 7.11 Å². The van der Waals surface area contributed by atoms with Crippen LogP contribution in [0, 0.1) is 11.7 Å². The van der Waals surface area contributed by atoms with Gasteiger partial charge in [-0.3, -0.25) is 4.40 Å². The summed E-state index contributed by atoms with van der Waals surface area (Å²) in [6, 6.07) is 12.1. The summed E-state index contributed by atoms with van der Waals surface area (Å²) >= 11 is 5.37. The van der Waals surface area contributed by atoms with E-state index < -0.39 is 0 Å². The maximum atomic E-state index is 5.37. The van der Waals surface area contributed by atoms with Gasteiger partial charge in [-0.25, -0.2) is 0 Å². The van der Waals surface area contributed by atoms with Gasteiger partial charge in [-0.1, -0.05) is 6.07 Å². The molecule has 0 aliphatic carbocycles. The zero-order valence-corrected chi connectivity index (χ0v) is 11.6. The molecule has 3 rings (SSSR count). The van der Waals surface area contributed by atoms with E-state index >= 15 is 0 Å². The molecule has 3 aromatic rings. The first-order valence-corrected chi connectivity index (χ1v) is 6.45. The van der Waals surface area contributed by atoms with Crippen molar-refractivity contribution in [1.29, 1.82) is 0 Å². The van der Waals surface area contributed by atoms with Crippen LogP contribution < -0.4 is 4.74 Å². The Balaban J connectivity index is 2.22. The molecule has 1 N–H and O–H groups in total. The molecule has 1 aromatic carbocycles. The van der Waals surface area contributed by atoms with Crippen molar-refractivity contribution >= 4 is 17.7 Å². The zero-order valence-electron chi connectivity index (χ0n) is 10.8. The average Bonchev–Trinajstić information content (AvgIpc) is 2.76. The minimum absolute atomic E-state index is 0.713. The predicted molar refractivity (Wildman–Crippen MR) is 79.3 cm³/mol. The van der Waals surface area contributed by atoms with E-state index in [9.17, 15) is 0 Å². The van der Waals surface area contributed by atoms with E-state index in [0.717, 1.165) is 22.5 Å². The van der Waals surface area contributed by atoms with Crippen LogP contribution in [0.3, 0.4) is 0 Å². The van der Waals surface area contributed by atoms with E-state index in [1.807, 2.05) is 34.9 Å². The lowest BCUT2D eigenvalue weighted by Gasteiger charge is -2.03. The number of aromatic nitrogens is 2. The summed E-state index contributed by atoms with van der Waals surface area (Å²) in [5.41, 5.74) is 4.40. The topological polar surface area (TPSA) is 29.4 Å². The van der Waals surface area contributed by atoms with Crippen LogP contribution in [-0.4, -0.2) is 16.5 Å². The SMILES string of the molecule is COc1ccc(-c2[nH]c(=S)n3cc(C)ccc23)cc1. The minimum Gasteiger partial charge on any atom is -0.497 e. The van der Waals surface area contributed by atoms with Crippen LogP contribution in [0.5, 0.6) is 5.75 Å². The van der Waals surface area contributed by atoms with Gasteiger partial charge >= 0.3 is 0 Å². The number of rotatable bonds is 2. The number of hydrogen-bond donors (Lipinski definition) is 1. The van der Waals surface area contributed by atoms with Gasteiger partial charge in [-0.05, 0) is 55.0 Å². The van der Waals surface area contributed by atoms with E-state index in [1.165, 1.54) is 5.56 Å². The smallest absolute Gasteiger partial charge is 0.182 e. The van der Waals surface area contributed by atoms with Gasteiger partial charge in [0, 0.05) is 11.8 Å². The molecule has 0 spiro atoms. The summed E-state index contributed by atoms with van der Waals surface area (Å²) in [5.74, 6) is 0.849. The van der Waals surface area contributed by atoms with Crippen LogP contribution in [0.15, 0.2) is 42.6 Å². The summed E-state index contributed by atoms with van der Waals surface area (Å²) in [6.07, 6.45) is 2.04. The lowest BCUT2D eigenvalue weighted by Crippen LogP contribution is -1.86. The van der Waals surface area contributed by atoms with Crippen LogP contribution in [0.1, 0.15) is 5.56 Å². The molecule has 19 heavy (non-hydrogen) atoms. The third-order valence-electron chi connectivity index (χ3n) is 3.18. The summed E-state index contributed by atoms with van der Waals surface area (Å²) in [7, 11) is 1.67. The number of fused-ring (bicyclic) bond motifs is 1. The Morgan fingerprint density at radius 3 is 2.53 bits per heavy atom. The lowest BCUT2D eigenvalue weighted by atomic mass is 10.1. The Morgan fingerprint density at radius 2 is 1.84 bits per heavy atom. The molecule has 4 heteroatoms. The van der Waals surface area contributed by atoms with Crippen LogP contribution in [0.2, 0.25) is 0 Å². The molecular formula is C15H14N2OS. The Morgan fingerprint density at radius 1 is 1.11 bits per heavy atom. The number of methoxy groups -OCH3 is 1. The fraction of sp³-hybridized carbons (Fsp3) is 0.133. The van der Waals surface area contributed by atoms with Crippen LogP contribution in [-0.2, 0) is 0 Å². The first-order valence-electron chi connectivity index (χ1n) is 6.04. The van der Waals surface area contributed by atoms with Gasteiger partial charge in [-0.15, -0.1) is 0 Å². The van der Waals surface area contributed by atoms with Gasteiger partial charge in [0.15, 0.2) is 4.77 Å². The molecule has 2 aromatic heterocycles. The highest BCUT2D eigenvalue weighted by molar-refractivity contribution is 7.71. The van der Waals surface area contributed by atoms with Crippen molar-refractivity contribution in [3.05, 3.63) is 52.9 Å². The van der Waals surface area contributed by atoms with Crippen molar-refractivity contribution in [2.45, 2.75) is 6.92 Å². The number of ether oxygens (including phenoxy) is 1. The first-order chi connectivity index (χ1) is 9.19. The molecule has 0 saturated heterocycles. The summed E-state index contributed by atoms with van der Waals surface area (Å²) in [6.45, 7) is 2.06. The quantitative estimate of drug-likeness (QED) is 0.714. The van der Waals surface area contributed by atoms with Gasteiger partial charge in [0.25, 0.3) is 0 Å². The second-order valence-corrected chi connectivity index (χ2v) is 4.88. The maximum absolute atomic E-state index is 5.37. The third-order valence-corrected chi connectivity index (χ3v) is 3.48. The highest BCUT2D eigenvalue weighted by atomic mass is 32.1. The van der Waals surface area contributed by atoms with Gasteiger partial charge < -0.3 is 9.72 Å². The second kappa shape index (κ2) is 4.55. The molecular weight excluding hydrogens is 256 g/mol. The molecule has 0 saturated carbocycles. The number of aryl methyl sites for hydroxylation is 1. The molecule has 0 amide bonds. The summed E-state index contributed by atoms with van der Waals surface area (Å²) in [4.78, 5) is 3.27. The van der Waals surface area contributed by atoms with Crippen molar-refractivity contribution in [3.63, 3.8) is 0 Å². The van der Waals surface area contributed by atoms with Crippen molar-refractivity contribution < 1.29 is 4.74 Å². The van der Waals surface area contributed by atoms with E-state index in [1.54, 1.807) is 7.11 Å². The zero-order chi connectivity index (χ0) is 13.4. The highest BCUT2D eigenvalue weighted by Gasteiger charge is 2.07. The largest absolute Gasteiger partial charge is 0.497 e. The van der Waals surface area contributed by atoms with Crippen molar-refractivity contribution in [1.82, 2.24) is 9.38 Å². The Labute approximate surface area is 116 Å². The lowest BCUT2D eigenvalue weighted by molar-refractivity contribution is 0.415. The van der Waals surface area contributed by atoms with Gasteiger partial charge in [0.05, 0.1) is 18.3 Å². The Hall–Kier alpha value is -2.07. The number of aromatic amines is 1. The van der Waals surface area contributed by atoms with Crippen molar-refractivity contribution in [3.8, 4) is 17.0 Å². The monoisotopic (exact) mass is 270 g/mol. The van der Waals surface area contributed by atoms with Gasteiger partial charge in [0.1, 0.15) is 5.75 Å². The van der Waals surface area contributed by atoms with Crippen LogP contribution in [0.4, 0.5) is 0 Å². The van der Waals surface area contributed by atoms with E-state index in [-0.39, 0.29) is 0 Å². The molecule has 3 nitrogen and oxygen atoms in total. The maximum Gasteiger partial charge on any atom is 0.182 e. The molecule has 0 fully saturated rings. The Kier molecular flexibility index (Phi) is 2.87. The molecule has 0 radical (unpaired) electrons. The molecule has 0 unspecified atom stereocenters. The molecule has 96 valence electrons. The third kappa shape index (κ3) is 2.04. The first kappa shape index (κ1) is 12.0. The summed E-state index contributed by atoms with van der Waals surface area (Å²) in [5, 5.41) is 0. The molecule has 0 aliphatic heterocycles. The number of benzene rings is 1. The van der Waals surface area contributed by atoms with Crippen LogP contribution >= 0.6 is 12.2 Å². The fourth-order valence-electron chi connectivity index (χ4n) is 2.19. The highest BCUT2D eigenvalue weighted by Crippen LogP contribution is 2.26. The normalized spacial score (nSPS) is 10.8. The molecule has 0 atom stereocenters. The standard InChI is InChI=1S/C15H14N2OS/c1-10-3-8-13-14(16-15(19)17(13)9-10)11-4-6-12(18-2)7-5-11/h3-9H,1-2H3,(H,16,19). The second-order valence-electron chi connectivity index (χ2n) is 4.50. The Bertz CT molecular complexity index is 784. The number of H-pyrrole nitrogens is 1. The van der Waals surface area contributed by atoms with E-state index in [2.05, 4.69) is 24.0 Å². The number of imidazole rings is 1. The number of nitrogens with one attached hydrogen (secondary N) is 1. The van der Waals surface area contributed by atoms with Crippen molar-refractivity contribution in [2.24, 2.45) is 0 Å². The number of pyridine rings is 1. The summed E-state index contributed by atoms with van der Waals surface area (Å²) < 4.78 is 7.89. The molecule has 0 bridgehead atoms. The van der Waals surface area contributed by atoms with E-state index in [0.29, 0.717) is 4.77 Å². The minimum atomic E-state index is 0.713. The predicted octanol–water partition coefficient (Wildman–Crippen LogP) is 3.98. The van der Waals surface area contributed by atoms with Gasteiger partial charge in [0.2, 0.25) is 0 Å². The van der Waals surface area contributed by atoms with Gasteiger partial charge in [-0.2, -0.15) is 0 Å². The molecule has 0 aliphatic rings. The van der Waals surface area contributed by atoms with Crippen LogP contribution in [0.25, 0.3) is 16.8 Å².